The highest BCUT2D eigenvalue weighted by molar-refractivity contribution is 7.90. The molecule has 0 bridgehead atoms. The second-order valence-electron chi connectivity index (χ2n) is 5.44. The van der Waals surface area contributed by atoms with Gasteiger partial charge in [0.15, 0.2) is 9.84 Å². The number of benzene rings is 1. The second-order valence-corrected chi connectivity index (χ2v) is 7.45. The van der Waals surface area contributed by atoms with Gasteiger partial charge in [-0.3, -0.25) is 4.79 Å². The molecule has 5 heteroatoms. The van der Waals surface area contributed by atoms with Gasteiger partial charge >= 0.3 is 0 Å². The molecule has 0 radical (unpaired) electrons. The van der Waals surface area contributed by atoms with Crippen LogP contribution in [-0.4, -0.2) is 27.1 Å². The zero-order chi connectivity index (χ0) is 14.6. The molecule has 0 aromatic heterocycles. The molecule has 1 fully saturated rings. The van der Waals surface area contributed by atoms with Gasteiger partial charge in [-0.25, -0.2) is 8.42 Å². The lowest BCUT2D eigenvalue weighted by Gasteiger charge is -2.10. The molecule has 0 atom stereocenters. The van der Waals surface area contributed by atoms with Crippen LogP contribution in [0.1, 0.15) is 31.2 Å². The van der Waals surface area contributed by atoms with Crippen molar-refractivity contribution in [1.29, 1.82) is 0 Å². The number of hydrogen-bond donors (Lipinski definition) is 1. The largest absolute Gasteiger partial charge is 0.356 e. The molecular weight excluding hydrogens is 274 g/mol. The Labute approximate surface area is 120 Å². The summed E-state index contributed by atoms with van der Waals surface area (Å²) in [6.45, 7) is 0.605. The van der Waals surface area contributed by atoms with Crippen molar-refractivity contribution in [3.8, 4) is 0 Å². The smallest absolute Gasteiger partial charge is 0.223 e. The molecule has 1 aliphatic rings. The SMILES string of the molecule is CS(=O)(=O)c1ccc(CCNC(=O)C2CCCC2)cc1. The first-order valence-electron chi connectivity index (χ1n) is 7.03. The first kappa shape index (κ1) is 15.0. The standard InChI is InChI=1S/C15H21NO3S/c1-20(18,19)14-8-6-12(7-9-14)10-11-16-15(17)13-4-2-3-5-13/h6-9,13H,2-5,10-11H2,1H3,(H,16,17). The molecule has 1 aromatic rings. The lowest BCUT2D eigenvalue weighted by atomic mass is 10.1. The van der Waals surface area contributed by atoms with E-state index in [4.69, 9.17) is 0 Å². The normalized spacial score (nSPS) is 16.2. The molecule has 0 aliphatic heterocycles. The number of nitrogens with one attached hydrogen (secondary N) is 1. The van der Waals surface area contributed by atoms with Gasteiger partial charge in [0.1, 0.15) is 0 Å². The maximum absolute atomic E-state index is 11.8. The van der Waals surface area contributed by atoms with E-state index < -0.39 is 9.84 Å². The zero-order valence-corrected chi connectivity index (χ0v) is 12.6. The number of sulfone groups is 1. The van der Waals surface area contributed by atoms with Gasteiger partial charge in [0.25, 0.3) is 0 Å². The molecule has 0 saturated heterocycles. The number of amides is 1. The molecule has 110 valence electrons. The second kappa shape index (κ2) is 6.39. The monoisotopic (exact) mass is 295 g/mol. The van der Waals surface area contributed by atoms with E-state index in [-0.39, 0.29) is 11.8 Å². The van der Waals surface area contributed by atoms with Crippen molar-refractivity contribution < 1.29 is 13.2 Å². The van der Waals surface area contributed by atoms with E-state index >= 15 is 0 Å². The Morgan fingerprint density at radius 3 is 2.35 bits per heavy atom. The third-order valence-corrected chi connectivity index (χ3v) is 4.92. The number of rotatable bonds is 5. The summed E-state index contributed by atoms with van der Waals surface area (Å²) >= 11 is 0. The quantitative estimate of drug-likeness (QED) is 0.903. The fourth-order valence-electron chi connectivity index (χ4n) is 2.57. The van der Waals surface area contributed by atoms with E-state index in [1.807, 2.05) is 0 Å². The van der Waals surface area contributed by atoms with E-state index in [2.05, 4.69) is 5.32 Å². The highest BCUT2D eigenvalue weighted by Crippen LogP contribution is 2.24. The van der Waals surface area contributed by atoms with Gasteiger partial charge in [-0.15, -0.1) is 0 Å². The number of carbonyl (C=O) groups is 1. The van der Waals surface area contributed by atoms with Crippen LogP contribution in [0.4, 0.5) is 0 Å². The van der Waals surface area contributed by atoms with E-state index in [1.165, 1.54) is 6.26 Å². The van der Waals surface area contributed by atoms with E-state index in [1.54, 1.807) is 24.3 Å². The molecule has 0 unspecified atom stereocenters. The van der Waals surface area contributed by atoms with E-state index in [0.717, 1.165) is 37.7 Å². The molecule has 1 aliphatic carbocycles. The summed E-state index contributed by atoms with van der Waals surface area (Å²) in [5.41, 5.74) is 1.03. The van der Waals surface area contributed by atoms with Crippen LogP contribution >= 0.6 is 0 Å². The molecular formula is C15H21NO3S. The first-order valence-corrected chi connectivity index (χ1v) is 8.92. The highest BCUT2D eigenvalue weighted by Gasteiger charge is 2.21. The van der Waals surface area contributed by atoms with Crippen LogP contribution in [0.15, 0.2) is 29.2 Å². The van der Waals surface area contributed by atoms with Crippen LogP contribution < -0.4 is 5.32 Å². The molecule has 20 heavy (non-hydrogen) atoms. The van der Waals surface area contributed by atoms with E-state index in [9.17, 15) is 13.2 Å². The van der Waals surface area contributed by atoms with Crippen LogP contribution in [0.3, 0.4) is 0 Å². The van der Waals surface area contributed by atoms with Gasteiger partial charge in [0, 0.05) is 18.7 Å². The molecule has 1 saturated carbocycles. The maximum Gasteiger partial charge on any atom is 0.223 e. The van der Waals surface area contributed by atoms with Crippen LogP contribution in [0.5, 0.6) is 0 Å². The lowest BCUT2D eigenvalue weighted by molar-refractivity contribution is -0.124. The summed E-state index contributed by atoms with van der Waals surface area (Å²) < 4.78 is 22.7. The van der Waals surface area contributed by atoms with Crippen LogP contribution in [0.2, 0.25) is 0 Å². The van der Waals surface area contributed by atoms with Crippen LogP contribution in [0, 0.1) is 5.92 Å². The predicted molar refractivity (Wildman–Crippen MR) is 78.2 cm³/mol. The Morgan fingerprint density at radius 1 is 1.20 bits per heavy atom. The molecule has 4 nitrogen and oxygen atoms in total. The summed E-state index contributed by atoms with van der Waals surface area (Å²) in [5.74, 6) is 0.359. The van der Waals surface area contributed by atoms with Crippen molar-refractivity contribution in [1.82, 2.24) is 5.32 Å². The van der Waals surface area contributed by atoms with Crippen molar-refractivity contribution >= 4 is 15.7 Å². The Bertz CT molecular complexity index is 557. The first-order chi connectivity index (χ1) is 9.47. The molecule has 0 heterocycles. The molecule has 1 aromatic carbocycles. The summed E-state index contributed by atoms with van der Waals surface area (Å²) in [6, 6.07) is 6.84. The highest BCUT2D eigenvalue weighted by atomic mass is 32.2. The van der Waals surface area contributed by atoms with Gasteiger partial charge in [-0.2, -0.15) is 0 Å². The molecule has 2 rings (SSSR count). The third kappa shape index (κ3) is 4.07. The zero-order valence-electron chi connectivity index (χ0n) is 11.8. The van der Waals surface area contributed by atoms with Gasteiger partial charge in [0.05, 0.1) is 4.90 Å². The number of carbonyl (C=O) groups excluding carboxylic acids is 1. The fourth-order valence-corrected chi connectivity index (χ4v) is 3.20. The summed E-state index contributed by atoms with van der Waals surface area (Å²) in [6.07, 6.45) is 6.26. The topological polar surface area (TPSA) is 63.2 Å². The average molecular weight is 295 g/mol. The average Bonchev–Trinajstić information content (AvgIpc) is 2.92. The minimum atomic E-state index is -3.13. The third-order valence-electron chi connectivity index (χ3n) is 3.79. The molecule has 0 spiro atoms. The van der Waals surface area contributed by atoms with Gasteiger partial charge in [-0.05, 0) is 37.0 Å². The van der Waals surface area contributed by atoms with Crippen molar-refractivity contribution in [3.63, 3.8) is 0 Å². The predicted octanol–water partition coefficient (Wildman–Crippen LogP) is 1.94. The number of hydrogen-bond acceptors (Lipinski definition) is 3. The van der Waals surface area contributed by atoms with Crippen LogP contribution in [0.25, 0.3) is 0 Å². The molecule has 1 N–H and O–H groups in total. The molecule has 1 amide bonds. The summed E-state index contributed by atoms with van der Waals surface area (Å²) in [5, 5.41) is 2.96. The van der Waals surface area contributed by atoms with Crippen molar-refractivity contribution in [2.24, 2.45) is 5.92 Å². The van der Waals surface area contributed by atoms with Crippen molar-refractivity contribution in [2.75, 3.05) is 12.8 Å². The Morgan fingerprint density at radius 2 is 1.80 bits per heavy atom. The fraction of sp³-hybridized carbons (Fsp3) is 0.533. The summed E-state index contributed by atoms with van der Waals surface area (Å²) in [4.78, 5) is 12.2. The van der Waals surface area contributed by atoms with E-state index in [0.29, 0.717) is 11.4 Å². The van der Waals surface area contributed by atoms with Gasteiger partial charge < -0.3 is 5.32 Å². The minimum Gasteiger partial charge on any atom is -0.356 e. The maximum atomic E-state index is 11.8. The Balaban J connectivity index is 1.81. The van der Waals surface area contributed by atoms with Crippen molar-refractivity contribution in [3.05, 3.63) is 29.8 Å². The van der Waals surface area contributed by atoms with Gasteiger partial charge in [0.2, 0.25) is 5.91 Å². The minimum absolute atomic E-state index is 0.162. The van der Waals surface area contributed by atoms with Crippen LogP contribution in [-0.2, 0) is 21.1 Å². The Kier molecular flexibility index (Phi) is 4.81. The lowest BCUT2D eigenvalue weighted by Crippen LogP contribution is -2.30. The van der Waals surface area contributed by atoms with Crippen molar-refractivity contribution in [2.45, 2.75) is 37.0 Å². The summed E-state index contributed by atoms with van der Waals surface area (Å²) in [7, 11) is -3.13. The Hall–Kier alpha value is -1.36. The van der Waals surface area contributed by atoms with Gasteiger partial charge in [-0.1, -0.05) is 25.0 Å².